The quantitative estimate of drug-likeness (QED) is 0.641. The van der Waals surface area contributed by atoms with Crippen LogP contribution >= 0.6 is 0 Å². The van der Waals surface area contributed by atoms with Gasteiger partial charge in [-0.2, -0.15) is 0 Å². The summed E-state index contributed by atoms with van der Waals surface area (Å²) in [6.07, 6.45) is 0. The van der Waals surface area contributed by atoms with Crippen molar-refractivity contribution in [3.63, 3.8) is 0 Å². The van der Waals surface area contributed by atoms with Crippen LogP contribution in [0.25, 0.3) is 11.2 Å². The number of carbonyl (C=O) groups is 1. The molecule has 0 aliphatic rings. The van der Waals surface area contributed by atoms with E-state index < -0.39 is 0 Å². The van der Waals surface area contributed by atoms with Crippen molar-refractivity contribution in [1.82, 2.24) is 15.1 Å². The highest BCUT2D eigenvalue weighted by Crippen LogP contribution is 2.15. The number of rotatable bonds is 1. The van der Waals surface area contributed by atoms with E-state index in [9.17, 15) is 4.79 Å². The predicted octanol–water partition coefficient (Wildman–Crippen LogP) is 1.06. The molecule has 0 atom stereocenters. The van der Waals surface area contributed by atoms with Crippen molar-refractivity contribution < 1.29 is 9.32 Å². The van der Waals surface area contributed by atoms with Gasteiger partial charge in [-0.05, 0) is 6.92 Å². The van der Waals surface area contributed by atoms with Crippen LogP contribution < -0.4 is 0 Å². The largest absolute Gasteiger partial charge is 0.349 e. The average molecular weight is 165 g/mol. The molecule has 0 aliphatic heterocycles. The second-order valence-corrected chi connectivity index (χ2v) is 2.59. The molecule has 0 unspecified atom stereocenters. The summed E-state index contributed by atoms with van der Waals surface area (Å²) < 4.78 is 4.78. The van der Waals surface area contributed by atoms with Crippen LogP contribution in [0, 0.1) is 6.92 Å². The van der Waals surface area contributed by atoms with Gasteiger partial charge in [0.25, 0.3) is 0 Å². The molecule has 0 saturated carbocycles. The van der Waals surface area contributed by atoms with Crippen molar-refractivity contribution in [3.05, 3.63) is 11.6 Å². The van der Waals surface area contributed by atoms with Crippen molar-refractivity contribution in [2.45, 2.75) is 13.8 Å². The second-order valence-electron chi connectivity index (χ2n) is 2.59. The minimum atomic E-state index is -0.152. The van der Waals surface area contributed by atoms with E-state index in [1.807, 2.05) is 0 Å². The number of H-pyrrole nitrogens is 1. The van der Waals surface area contributed by atoms with Crippen molar-refractivity contribution in [2.24, 2.45) is 0 Å². The monoisotopic (exact) mass is 165 g/mol. The lowest BCUT2D eigenvalue weighted by molar-refractivity contribution is 0.0980. The zero-order valence-electron chi connectivity index (χ0n) is 6.71. The first kappa shape index (κ1) is 7.02. The zero-order valence-corrected chi connectivity index (χ0v) is 6.71. The fourth-order valence-corrected chi connectivity index (χ4v) is 1.08. The number of Topliss-reactive ketones (excluding diaryl/α,β-unsaturated/α-hetero) is 1. The zero-order chi connectivity index (χ0) is 8.72. The lowest BCUT2D eigenvalue weighted by Crippen LogP contribution is -1.89. The molecule has 0 spiro atoms. The van der Waals surface area contributed by atoms with E-state index in [1.54, 1.807) is 6.92 Å². The smallest absolute Gasteiger partial charge is 0.227 e. The molecule has 2 heterocycles. The molecule has 0 fully saturated rings. The maximum absolute atomic E-state index is 10.9. The molecule has 2 aromatic rings. The molecule has 2 rings (SSSR count). The Morgan fingerprint density at radius 3 is 3.00 bits per heavy atom. The summed E-state index contributed by atoms with van der Waals surface area (Å²) in [5, 5.41) is 3.62. The van der Waals surface area contributed by atoms with Crippen LogP contribution in [0.5, 0.6) is 0 Å². The van der Waals surface area contributed by atoms with E-state index in [0.29, 0.717) is 11.2 Å². The number of carbonyl (C=O) groups excluding carboxylic acids is 1. The number of nitrogens with one attached hydrogen (secondary N) is 1. The molecule has 0 bridgehead atoms. The molecule has 0 aromatic carbocycles. The highest BCUT2D eigenvalue weighted by molar-refractivity contribution is 6.01. The predicted molar refractivity (Wildman–Crippen MR) is 40.9 cm³/mol. The highest BCUT2D eigenvalue weighted by Gasteiger charge is 2.15. The van der Waals surface area contributed by atoms with Gasteiger partial charge in [-0.15, -0.1) is 0 Å². The molecule has 1 N–H and O–H groups in total. The lowest BCUT2D eigenvalue weighted by atomic mass is 10.3. The van der Waals surface area contributed by atoms with E-state index in [0.717, 1.165) is 5.82 Å². The molecule has 0 saturated heterocycles. The van der Waals surface area contributed by atoms with Gasteiger partial charge in [-0.25, -0.2) is 4.98 Å². The molecule has 0 aliphatic carbocycles. The molecule has 5 heteroatoms. The Kier molecular flexibility index (Phi) is 1.27. The fourth-order valence-electron chi connectivity index (χ4n) is 1.08. The summed E-state index contributed by atoms with van der Waals surface area (Å²) in [6, 6.07) is 0. The summed E-state index contributed by atoms with van der Waals surface area (Å²) in [5.74, 6) is 0.817. The normalized spacial score (nSPS) is 10.8. The number of ketones is 1. The lowest BCUT2D eigenvalue weighted by Gasteiger charge is -1.83. The number of aromatic amines is 1. The van der Waals surface area contributed by atoms with E-state index >= 15 is 0 Å². The van der Waals surface area contributed by atoms with Gasteiger partial charge in [0.2, 0.25) is 11.4 Å². The van der Waals surface area contributed by atoms with Crippen LogP contribution in [-0.4, -0.2) is 20.9 Å². The van der Waals surface area contributed by atoms with Crippen molar-refractivity contribution in [1.29, 1.82) is 0 Å². The number of imidazole rings is 1. The Bertz CT molecular complexity index is 440. The Labute approximate surface area is 67.8 Å². The van der Waals surface area contributed by atoms with E-state index in [1.165, 1.54) is 6.92 Å². The van der Waals surface area contributed by atoms with Crippen LogP contribution in [0.1, 0.15) is 23.3 Å². The molecule has 2 aromatic heterocycles. The highest BCUT2D eigenvalue weighted by atomic mass is 16.5. The van der Waals surface area contributed by atoms with Crippen molar-refractivity contribution in [2.75, 3.05) is 0 Å². The van der Waals surface area contributed by atoms with Crippen LogP contribution in [0.15, 0.2) is 4.52 Å². The Morgan fingerprint density at radius 2 is 2.33 bits per heavy atom. The molecular formula is C7H7N3O2. The topological polar surface area (TPSA) is 71.8 Å². The fraction of sp³-hybridized carbons (Fsp3) is 0.286. The minimum Gasteiger partial charge on any atom is -0.349 e. The SMILES string of the molecule is CC(=O)c1onc2nc(C)[nH]c12. The van der Waals surface area contributed by atoms with Crippen LogP contribution in [-0.2, 0) is 0 Å². The second kappa shape index (κ2) is 2.17. The van der Waals surface area contributed by atoms with Gasteiger partial charge in [0.1, 0.15) is 11.3 Å². The summed E-state index contributed by atoms with van der Waals surface area (Å²) in [7, 11) is 0. The number of aryl methyl sites for hydroxylation is 1. The maximum Gasteiger partial charge on any atom is 0.227 e. The molecule has 62 valence electrons. The summed E-state index contributed by atoms with van der Waals surface area (Å²) in [5.41, 5.74) is 1.04. The van der Waals surface area contributed by atoms with Gasteiger partial charge < -0.3 is 9.51 Å². The van der Waals surface area contributed by atoms with Crippen LogP contribution in [0.3, 0.4) is 0 Å². The van der Waals surface area contributed by atoms with Crippen LogP contribution in [0.2, 0.25) is 0 Å². The van der Waals surface area contributed by atoms with Gasteiger partial charge in [-0.1, -0.05) is 5.16 Å². The molecule has 12 heavy (non-hydrogen) atoms. The molecule has 0 amide bonds. The third-order valence-electron chi connectivity index (χ3n) is 1.57. The van der Waals surface area contributed by atoms with Crippen molar-refractivity contribution >= 4 is 16.9 Å². The van der Waals surface area contributed by atoms with Crippen LogP contribution in [0.4, 0.5) is 0 Å². The third-order valence-corrected chi connectivity index (χ3v) is 1.57. The number of fused-ring (bicyclic) bond motifs is 1. The van der Waals surface area contributed by atoms with Gasteiger partial charge >= 0.3 is 0 Å². The molecule has 0 radical (unpaired) electrons. The number of hydrogen-bond donors (Lipinski definition) is 1. The first-order chi connectivity index (χ1) is 5.68. The minimum absolute atomic E-state index is 0.152. The van der Waals surface area contributed by atoms with Gasteiger partial charge in [0, 0.05) is 6.92 Å². The van der Waals surface area contributed by atoms with Gasteiger partial charge in [0.15, 0.2) is 5.78 Å². The number of hydrogen-bond acceptors (Lipinski definition) is 4. The summed E-state index contributed by atoms with van der Waals surface area (Å²) in [6.45, 7) is 3.22. The van der Waals surface area contributed by atoms with E-state index in [2.05, 4.69) is 15.1 Å². The van der Waals surface area contributed by atoms with Crippen molar-refractivity contribution in [3.8, 4) is 0 Å². The first-order valence-corrected chi connectivity index (χ1v) is 3.51. The molecule has 5 nitrogen and oxygen atoms in total. The average Bonchev–Trinajstić information content (AvgIpc) is 2.43. The number of aromatic nitrogens is 3. The Morgan fingerprint density at radius 1 is 1.58 bits per heavy atom. The first-order valence-electron chi connectivity index (χ1n) is 3.51. The standard InChI is InChI=1S/C7H7N3O2/c1-3(11)6-5-7(10-12-6)9-4(2)8-5/h1-2H3,(H,8,9,10). The summed E-state index contributed by atoms with van der Waals surface area (Å²) in [4.78, 5) is 17.9. The summed E-state index contributed by atoms with van der Waals surface area (Å²) >= 11 is 0. The van der Waals surface area contributed by atoms with E-state index in [4.69, 9.17) is 4.52 Å². The van der Waals surface area contributed by atoms with Gasteiger partial charge in [-0.3, -0.25) is 4.79 Å². The molecular weight excluding hydrogens is 158 g/mol. The van der Waals surface area contributed by atoms with E-state index in [-0.39, 0.29) is 11.5 Å². The Balaban J connectivity index is 2.76. The maximum atomic E-state index is 10.9. The third kappa shape index (κ3) is 0.827. The van der Waals surface area contributed by atoms with Gasteiger partial charge in [0.05, 0.1) is 0 Å². The number of nitrogens with zero attached hydrogens (tertiary/aromatic N) is 2. The Hall–Kier alpha value is -1.65.